The largest absolute Gasteiger partial charge is 0.352 e. The van der Waals surface area contributed by atoms with Gasteiger partial charge < -0.3 is 5.32 Å². The van der Waals surface area contributed by atoms with Gasteiger partial charge in [0.25, 0.3) is 5.91 Å². The molecule has 2 aromatic rings. The van der Waals surface area contributed by atoms with Crippen LogP contribution in [0, 0.1) is 0 Å². The summed E-state index contributed by atoms with van der Waals surface area (Å²) in [6.45, 7) is 0. The number of aromatic nitrogens is 5. The van der Waals surface area contributed by atoms with E-state index in [-0.39, 0.29) is 29.0 Å². The van der Waals surface area contributed by atoms with Gasteiger partial charge in [-0.2, -0.15) is 4.68 Å². The van der Waals surface area contributed by atoms with Crippen LogP contribution in [0.2, 0.25) is 0 Å². The summed E-state index contributed by atoms with van der Waals surface area (Å²) in [5.41, 5.74) is -0.0265. The van der Waals surface area contributed by atoms with Crippen molar-refractivity contribution >= 4 is 11.6 Å². The molecule has 2 aromatic heterocycles. The van der Waals surface area contributed by atoms with Crippen LogP contribution in [-0.2, 0) is 7.05 Å². The fourth-order valence-electron chi connectivity index (χ4n) is 2.54. The van der Waals surface area contributed by atoms with Crippen molar-refractivity contribution in [1.29, 1.82) is 0 Å². The third-order valence-electron chi connectivity index (χ3n) is 3.65. The van der Waals surface area contributed by atoms with Gasteiger partial charge in [0.2, 0.25) is 0 Å². The van der Waals surface area contributed by atoms with Gasteiger partial charge in [-0.1, -0.05) is 24.5 Å². The van der Waals surface area contributed by atoms with Crippen LogP contribution in [-0.4, -0.2) is 36.3 Å². The number of aryl methyl sites for hydroxylation is 1. The lowest BCUT2D eigenvalue weighted by Crippen LogP contribution is -2.36. The van der Waals surface area contributed by atoms with Crippen molar-refractivity contribution in [2.24, 2.45) is 7.05 Å². The zero-order valence-electron chi connectivity index (χ0n) is 11.2. The van der Waals surface area contributed by atoms with Gasteiger partial charge in [-0.25, -0.2) is 14.2 Å². The molecule has 0 radical (unpaired) electrons. The molecular formula is C12H16N6O2. The highest BCUT2D eigenvalue weighted by Gasteiger charge is 2.21. The van der Waals surface area contributed by atoms with Crippen LogP contribution in [0.15, 0.2) is 11.1 Å². The van der Waals surface area contributed by atoms with Gasteiger partial charge in [0, 0.05) is 13.1 Å². The molecule has 0 unspecified atom stereocenters. The van der Waals surface area contributed by atoms with E-state index >= 15 is 0 Å². The second kappa shape index (κ2) is 5.03. The third kappa shape index (κ3) is 2.17. The first-order valence-corrected chi connectivity index (χ1v) is 6.75. The minimum absolute atomic E-state index is 0.153. The number of hydrogen-bond donors (Lipinski definition) is 1. The predicted octanol–water partition coefficient (Wildman–Crippen LogP) is -0.115. The maximum atomic E-state index is 12.2. The third-order valence-corrected chi connectivity index (χ3v) is 3.65. The lowest BCUT2D eigenvalue weighted by Gasteiger charge is -2.22. The smallest absolute Gasteiger partial charge is 0.348 e. The number of imidazole rings is 1. The van der Waals surface area contributed by atoms with Crippen LogP contribution in [0.25, 0.3) is 5.65 Å². The summed E-state index contributed by atoms with van der Waals surface area (Å²) in [6, 6.07) is 0.188. The number of nitrogens with zero attached hydrogens (tertiary/aromatic N) is 5. The molecule has 2 heterocycles. The number of carbonyl (C=O) groups is 1. The summed E-state index contributed by atoms with van der Waals surface area (Å²) in [4.78, 5) is 28.0. The molecular weight excluding hydrogens is 260 g/mol. The zero-order chi connectivity index (χ0) is 14.1. The van der Waals surface area contributed by atoms with Crippen LogP contribution in [0.5, 0.6) is 0 Å². The lowest BCUT2D eigenvalue weighted by atomic mass is 9.95. The number of amides is 1. The highest BCUT2D eigenvalue weighted by molar-refractivity contribution is 5.97. The molecule has 0 saturated heterocycles. The molecule has 106 valence electrons. The average molecular weight is 276 g/mol. The van der Waals surface area contributed by atoms with Gasteiger partial charge in [-0.05, 0) is 12.8 Å². The summed E-state index contributed by atoms with van der Waals surface area (Å²) < 4.78 is 2.32. The quantitative estimate of drug-likeness (QED) is 0.825. The summed E-state index contributed by atoms with van der Waals surface area (Å²) in [6.07, 6.45) is 6.78. The Labute approximate surface area is 114 Å². The van der Waals surface area contributed by atoms with Crippen molar-refractivity contribution in [3.63, 3.8) is 0 Å². The molecule has 0 spiro atoms. The fraction of sp³-hybridized carbons (Fsp3) is 0.583. The van der Waals surface area contributed by atoms with Crippen LogP contribution in [0.4, 0.5) is 0 Å². The summed E-state index contributed by atoms with van der Waals surface area (Å²) in [5.74, 6) is -0.290. The molecule has 1 fully saturated rings. The van der Waals surface area contributed by atoms with Crippen LogP contribution in [0.1, 0.15) is 42.6 Å². The van der Waals surface area contributed by atoms with Crippen molar-refractivity contribution in [3.8, 4) is 0 Å². The Kier molecular flexibility index (Phi) is 3.21. The monoisotopic (exact) mass is 276 g/mol. The number of rotatable bonds is 2. The summed E-state index contributed by atoms with van der Waals surface area (Å²) in [5, 5.41) is 10.5. The van der Waals surface area contributed by atoms with Gasteiger partial charge in [0.05, 0.1) is 0 Å². The Morgan fingerprint density at radius 3 is 2.85 bits per heavy atom. The van der Waals surface area contributed by atoms with Crippen molar-refractivity contribution in [3.05, 3.63) is 22.5 Å². The van der Waals surface area contributed by atoms with Crippen LogP contribution in [0.3, 0.4) is 0 Å². The van der Waals surface area contributed by atoms with E-state index in [1.54, 1.807) is 0 Å². The molecule has 1 N–H and O–H groups in total. The second-order valence-electron chi connectivity index (χ2n) is 5.09. The summed E-state index contributed by atoms with van der Waals surface area (Å²) in [7, 11) is 1.50. The Bertz CT molecular complexity index is 698. The SMILES string of the molecule is Cn1nnc2c(C(=O)NC3CCCCC3)ncn2c1=O. The van der Waals surface area contributed by atoms with E-state index in [1.807, 2.05) is 0 Å². The Hall–Kier alpha value is -2.25. The maximum Gasteiger partial charge on any atom is 0.352 e. The van der Waals surface area contributed by atoms with Crippen LogP contribution < -0.4 is 11.0 Å². The standard InChI is InChI=1S/C12H16N6O2/c1-17-12(20)18-7-13-9(10(18)15-16-17)11(19)14-8-5-3-2-4-6-8/h7-8H,2-6H2,1H3,(H,14,19). The molecule has 1 saturated carbocycles. The lowest BCUT2D eigenvalue weighted by molar-refractivity contribution is 0.0924. The molecule has 0 atom stereocenters. The molecule has 0 aliphatic heterocycles. The van der Waals surface area contributed by atoms with Crippen molar-refractivity contribution in [2.75, 3.05) is 0 Å². The normalized spacial score (nSPS) is 16.4. The molecule has 1 aliphatic carbocycles. The molecule has 3 rings (SSSR count). The van der Waals surface area contributed by atoms with E-state index in [0.29, 0.717) is 0 Å². The first kappa shape index (κ1) is 12.8. The molecule has 1 aliphatic rings. The highest BCUT2D eigenvalue weighted by Crippen LogP contribution is 2.17. The fourth-order valence-corrected chi connectivity index (χ4v) is 2.54. The topological polar surface area (TPSA) is 94.2 Å². The van der Waals surface area contributed by atoms with E-state index in [1.165, 1.54) is 24.2 Å². The average Bonchev–Trinajstić information content (AvgIpc) is 2.89. The first-order valence-electron chi connectivity index (χ1n) is 6.75. The molecule has 8 heteroatoms. The van der Waals surface area contributed by atoms with E-state index in [9.17, 15) is 9.59 Å². The Morgan fingerprint density at radius 1 is 1.35 bits per heavy atom. The second-order valence-corrected chi connectivity index (χ2v) is 5.09. The molecule has 0 bridgehead atoms. The van der Waals surface area contributed by atoms with Gasteiger partial charge in [-0.3, -0.25) is 4.79 Å². The van der Waals surface area contributed by atoms with Gasteiger partial charge in [0.1, 0.15) is 6.33 Å². The Balaban J connectivity index is 1.88. The van der Waals surface area contributed by atoms with Crippen LogP contribution >= 0.6 is 0 Å². The number of nitrogens with one attached hydrogen (secondary N) is 1. The predicted molar refractivity (Wildman–Crippen MR) is 70.4 cm³/mol. The zero-order valence-corrected chi connectivity index (χ0v) is 11.2. The Morgan fingerprint density at radius 2 is 2.10 bits per heavy atom. The van der Waals surface area contributed by atoms with Crippen molar-refractivity contribution < 1.29 is 4.79 Å². The number of fused-ring (bicyclic) bond motifs is 1. The molecule has 20 heavy (non-hydrogen) atoms. The number of hydrogen-bond acceptors (Lipinski definition) is 5. The van der Waals surface area contributed by atoms with Gasteiger partial charge >= 0.3 is 5.69 Å². The molecule has 1 amide bonds. The maximum absolute atomic E-state index is 12.2. The van der Waals surface area contributed by atoms with Crippen molar-refractivity contribution in [1.82, 2.24) is 29.7 Å². The minimum atomic E-state index is -0.376. The van der Waals surface area contributed by atoms with E-state index in [2.05, 4.69) is 20.6 Å². The van der Waals surface area contributed by atoms with Crippen molar-refractivity contribution in [2.45, 2.75) is 38.1 Å². The minimum Gasteiger partial charge on any atom is -0.348 e. The number of carbonyl (C=O) groups excluding carboxylic acids is 1. The highest BCUT2D eigenvalue weighted by atomic mass is 16.2. The van der Waals surface area contributed by atoms with E-state index in [0.717, 1.165) is 30.4 Å². The van der Waals surface area contributed by atoms with Gasteiger partial charge in [0.15, 0.2) is 11.3 Å². The molecule has 8 nitrogen and oxygen atoms in total. The van der Waals surface area contributed by atoms with E-state index < -0.39 is 0 Å². The summed E-state index contributed by atoms with van der Waals surface area (Å²) >= 11 is 0. The molecule has 0 aromatic carbocycles. The first-order chi connectivity index (χ1) is 9.66. The van der Waals surface area contributed by atoms with Gasteiger partial charge in [-0.15, -0.1) is 5.10 Å². The van der Waals surface area contributed by atoms with E-state index in [4.69, 9.17) is 0 Å².